The molecule has 148 valence electrons. The van der Waals surface area contributed by atoms with Crippen LogP contribution in [0.15, 0.2) is 9.52 Å². The van der Waals surface area contributed by atoms with Gasteiger partial charge in [0.15, 0.2) is 5.96 Å². The molecular formula is C19H35N5O2. The van der Waals surface area contributed by atoms with E-state index in [1.165, 1.54) is 12.8 Å². The highest BCUT2D eigenvalue weighted by atomic mass is 16.5. The summed E-state index contributed by atoms with van der Waals surface area (Å²) in [5.74, 6) is 1.79. The van der Waals surface area contributed by atoms with E-state index in [2.05, 4.69) is 41.5 Å². The largest absolute Gasteiger partial charge is 0.383 e. The Hall–Kier alpha value is -1.60. The molecule has 1 aromatic heterocycles. The van der Waals surface area contributed by atoms with Gasteiger partial charge in [-0.1, -0.05) is 19.0 Å². The Morgan fingerprint density at radius 1 is 1.23 bits per heavy atom. The molecule has 2 rings (SSSR count). The van der Waals surface area contributed by atoms with E-state index in [1.54, 1.807) is 7.11 Å². The number of nitrogens with zero attached hydrogens (tertiary/aromatic N) is 3. The Balaban J connectivity index is 1.89. The zero-order chi connectivity index (χ0) is 18.8. The number of methoxy groups -OCH3 is 1. The van der Waals surface area contributed by atoms with Crippen LogP contribution in [0.1, 0.15) is 50.6 Å². The van der Waals surface area contributed by atoms with Crippen molar-refractivity contribution >= 4 is 5.96 Å². The van der Waals surface area contributed by atoms with E-state index in [9.17, 15) is 0 Å². The molecule has 1 aliphatic rings. The van der Waals surface area contributed by atoms with Crippen LogP contribution in [-0.2, 0) is 24.1 Å². The van der Waals surface area contributed by atoms with Crippen LogP contribution in [0, 0.1) is 0 Å². The van der Waals surface area contributed by atoms with E-state index in [1.807, 2.05) is 0 Å². The van der Waals surface area contributed by atoms with Gasteiger partial charge in [0.1, 0.15) is 5.76 Å². The maximum Gasteiger partial charge on any atom is 0.191 e. The van der Waals surface area contributed by atoms with Crippen LogP contribution in [-0.4, -0.2) is 62.0 Å². The summed E-state index contributed by atoms with van der Waals surface area (Å²) >= 11 is 0. The summed E-state index contributed by atoms with van der Waals surface area (Å²) in [6.45, 7) is 11.4. The Morgan fingerprint density at radius 3 is 2.65 bits per heavy atom. The van der Waals surface area contributed by atoms with E-state index < -0.39 is 0 Å². The number of aromatic nitrogens is 1. The third-order valence-corrected chi connectivity index (χ3v) is 4.68. The summed E-state index contributed by atoms with van der Waals surface area (Å²) in [4.78, 5) is 7.25. The van der Waals surface area contributed by atoms with Crippen molar-refractivity contribution < 1.29 is 9.26 Å². The van der Waals surface area contributed by atoms with Gasteiger partial charge in [0.25, 0.3) is 0 Å². The number of hydrogen-bond donors (Lipinski definition) is 2. The fraction of sp³-hybridized carbons (Fsp3) is 0.789. The molecule has 0 aromatic carbocycles. The molecule has 7 heteroatoms. The molecule has 0 radical (unpaired) electrons. The second kappa shape index (κ2) is 11.2. The van der Waals surface area contributed by atoms with Gasteiger partial charge < -0.3 is 19.9 Å². The van der Waals surface area contributed by atoms with Crippen molar-refractivity contribution in [3.63, 3.8) is 0 Å². The Bertz CT molecular complexity index is 533. The molecule has 1 saturated carbocycles. The number of rotatable bonds is 12. The van der Waals surface area contributed by atoms with Gasteiger partial charge in [-0.3, -0.25) is 4.90 Å². The second-order valence-corrected chi connectivity index (χ2v) is 6.62. The number of ether oxygens (including phenoxy) is 1. The van der Waals surface area contributed by atoms with Crippen LogP contribution >= 0.6 is 0 Å². The Kier molecular flexibility index (Phi) is 8.91. The molecule has 7 nitrogen and oxygen atoms in total. The quantitative estimate of drug-likeness (QED) is 0.436. The van der Waals surface area contributed by atoms with E-state index >= 15 is 0 Å². The van der Waals surface area contributed by atoms with Gasteiger partial charge in [0.2, 0.25) is 0 Å². The van der Waals surface area contributed by atoms with E-state index in [-0.39, 0.29) is 0 Å². The van der Waals surface area contributed by atoms with Gasteiger partial charge in [-0.25, -0.2) is 4.99 Å². The van der Waals surface area contributed by atoms with Crippen molar-refractivity contribution in [2.75, 3.05) is 39.9 Å². The molecule has 1 fully saturated rings. The highest BCUT2D eigenvalue weighted by molar-refractivity contribution is 5.79. The molecule has 26 heavy (non-hydrogen) atoms. The van der Waals surface area contributed by atoms with Gasteiger partial charge >= 0.3 is 0 Å². The number of hydrogen-bond acceptors (Lipinski definition) is 5. The van der Waals surface area contributed by atoms with Crippen molar-refractivity contribution in [3.8, 4) is 0 Å². The molecule has 0 amide bonds. The summed E-state index contributed by atoms with van der Waals surface area (Å²) in [6.07, 6.45) is 4.34. The molecule has 1 aromatic rings. The molecular weight excluding hydrogens is 330 g/mol. The van der Waals surface area contributed by atoms with Crippen LogP contribution in [0.25, 0.3) is 0 Å². The molecule has 0 bridgehead atoms. The third kappa shape index (κ3) is 6.29. The number of nitrogens with one attached hydrogen (secondary N) is 2. The van der Waals surface area contributed by atoms with Crippen LogP contribution in [0.4, 0.5) is 0 Å². The van der Waals surface area contributed by atoms with Crippen molar-refractivity contribution in [2.24, 2.45) is 4.99 Å². The van der Waals surface area contributed by atoms with Crippen LogP contribution in [0.2, 0.25) is 0 Å². The molecule has 0 saturated heterocycles. The monoisotopic (exact) mass is 365 g/mol. The summed E-state index contributed by atoms with van der Waals surface area (Å²) in [6, 6.07) is 0.739. The molecule has 0 atom stereocenters. The van der Waals surface area contributed by atoms with Gasteiger partial charge in [0.05, 0.1) is 18.8 Å². The first-order chi connectivity index (χ1) is 12.7. The lowest BCUT2D eigenvalue weighted by Crippen LogP contribution is -2.42. The summed E-state index contributed by atoms with van der Waals surface area (Å²) < 4.78 is 10.7. The number of guanidine groups is 1. The lowest BCUT2D eigenvalue weighted by Gasteiger charge is -2.22. The fourth-order valence-corrected chi connectivity index (χ4v) is 3.06. The maximum atomic E-state index is 5.43. The van der Waals surface area contributed by atoms with E-state index in [0.717, 1.165) is 74.6 Å². The Morgan fingerprint density at radius 2 is 2.04 bits per heavy atom. The van der Waals surface area contributed by atoms with Crippen molar-refractivity contribution in [3.05, 3.63) is 17.0 Å². The maximum absolute atomic E-state index is 5.43. The van der Waals surface area contributed by atoms with Crippen LogP contribution in [0.5, 0.6) is 0 Å². The minimum atomic E-state index is 0.598. The molecule has 1 aliphatic carbocycles. The first kappa shape index (κ1) is 20.7. The highest BCUT2D eigenvalue weighted by Gasteiger charge is 2.28. The normalized spacial score (nSPS) is 14.9. The second-order valence-electron chi connectivity index (χ2n) is 6.62. The highest BCUT2D eigenvalue weighted by Crippen LogP contribution is 2.26. The van der Waals surface area contributed by atoms with Crippen LogP contribution < -0.4 is 10.6 Å². The summed E-state index contributed by atoms with van der Waals surface area (Å²) in [5.41, 5.74) is 2.15. The van der Waals surface area contributed by atoms with Crippen molar-refractivity contribution in [1.29, 1.82) is 0 Å². The lowest BCUT2D eigenvalue weighted by molar-refractivity contribution is 0.144. The minimum absolute atomic E-state index is 0.598. The predicted molar refractivity (Wildman–Crippen MR) is 105 cm³/mol. The average Bonchev–Trinajstić information content (AvgIpc) is 3.42. The first-order valence-electron chi connectivity index (χ1n) is 9.94. The minimum Gasteiger partial charge on any atom is -0.383 e. The number of aliphatic imine (C=N–C) groups is 1. The van der Waals surface area contributed by atoms with Crippen molar-refractivity contribution in [1.82, 2.24) is 20.7 Å². The van der Waals surface area contributed by atoms with Gasteiger partial charge in [0, 0.05) is 51.3 Å². The Labute approximate surface area is 157 Å². The zero-order valence-electron chi connectivity index (χ0n) is 16.8. The topological polar surface area (TPSA) is 74.9 Å². The molecule has 0 aliphatic heterocycles. The smallest absolute Gasteiger partial charge is 0.191 e. The summed E-state index contributed by atoms with van der Waals surface area (Å²) in [7, 11) is 1.76. The molecule has 0 unspecified atom stereocenters. The lowest BCUT2D eigenvalue weighted by atomic mass is 10.1. The molecule has 2 N–H and O–H groups in total. The number of aryl methyl sites for hydroxylation is 2. The van der Waals surface area contributed by atoms with Gasteiger partial charge in [-0.15, -0.1) is 0 Å². The SMILES string of the molecule is CCNC(=NCc1c(CC)noc1CC)NCCN(CCOC)C1CC1. The third-order valence-electron chi connectivity index (χ3n) is 4.68. The van der Waals surface area contributed by atoms with E-state index in [4.69, 9.17) is 14.3 Å². The first-order valence-corrected chi connectivity index (χ1v) is 9.94. The fourth-order valence-electron chi connectivity index (χ4n) is 3.06. The molecule has 0 spiro atoms. The van der Waals surface area contributed by atoms with Gasteiger partial charge in [-0.2, -0.15) is 0 Å². The van der Waals surface area contributed by atoms with E-state index in [0.29, 0.717) is 6.54 Å². The predicted octanol–water partition coefficient (Wildman–Crippen LogP) is 1.97. The zero-order valence-corrected chi connectivity index (χ0v) is 16.8. The average molecular weight is 366 g/mol. The van der Waals surface area contributed by atoms with Crippen LogP contribution in [0.3, 0.4) is 0 Å². The van der Waals surface area contributed by atoms with Crippen molar-refractivity contribution in [2.45, 2.75) is 59.0 Å². The molecule has 1 heterocycles. The summed E-state index contributed by atoms with van der Waals surface area (Å²) in [5, 5.41) is 10.9. The van der Waals surface area contributed by atoms with Gasteiger partial charge in [-0.05, 0) is 26.2 Å². The standard InChI is InChI=1S/C19H35N5O2/c1-5-17-16(18(6-2)26-23-17)14-22-19(20-7-3)21-10-11-24(12-13-25-4)15-8-9-15/h15H,5-14H2,1-4H3,(H2,20,21,22).